The number of carboxylic acid groups (broad SMARTS) is 1. The maximum Gasteiger partial charge on any atom is 0.352 e. The predicted octanol–water partition coefficient (Wildman–Crippen LogP) is 1.60. The molecule has 0 bridgehead atoms. The molecule has 0 radical (unpaired) electrons. The van der Waals surface area contributed by atoms with E-state index in [1.807, 2.05) is 0 Å². The van der Waals surface area contributed by atoms with Crippen LogP contribution in [0.1, 0.15) is 36.7 Å². The molecule has 1 N–H and O–H groups in total. The minimum Gasteiger partial charge on any atom is -0.477 e. The van der Waals surface area contributed by atoms with E-state index in [1.165, 1.54) is 10.6 Å². The molecule has 2 heterocycles. The molecule has 1 aliphatic rings. The van der Waals surface area contributed by atoms with Gasteiger partial charge < -0.3 is 19.3 Å². The van der Waals surface area contributed by atoms with Crippen LogP contribution in [0.5, 0.6) is 0 Å². The lowest BCUT2D eigenvalue weighted by molar-refractivity contribution is -0.136. The van der Waals surface area contributed by atoms with E-state index in [0.717, 1.165) is 19.3 Å². The molecule has 1 fully saturated rings. The number of likely N-dealkylation sites (tertiary alicyclic amines) is 1. The normalized spacial score (nSPS) is 18.7. The van der Waals surface area contributed by atoms with E-state index in [1.54, 1.807) is 17.2 Å². The van der Waals surface area contributed by atoms with Gasteiger partial charge in [0.15, 0.2) is 0 Å². The first-order chi connectivity index (χ1) is 10.1. The molecule has 0 aliphatic carbocycles. The van der Waals surface area contributed by atoms with E-state index in [4.69, 9.17) is 9.84 Å². The summed E-state index contributed by atoms with van der Waals surface area (Å²) in [6, 6.07) is 3.14. The van der Waals surface area contributed by atoms with E-state index in [-0.39, 0.29) is 24.2 Å². The highest BCUT2D eigenvalue weighted by Crippen LogP contribution is 2.14. The van der Waals surface area contributed by atoms with Gasteiger partial charge in [-0.1, -0.05) is 6.92 Å². The number of ether oxygens (including phenoxy) is 1. The smallest absolute Gasteiger partial charge is 0.352 e. The molecular formula is C15H22N2O4. The molecule has 0 saturated carbocycles. The number of carbonyl (C=O) groups excluding carboxylic acids is 1. The van der Waals surface area contributed by atoms with Crippen LogP contribution in [0.25, 0.3) is 0 Å². The van der Waals surface area contributed by atoms with Crippen LogP contribution in [0, 0.1) is 0 Å². The average molecular weight is 294 g/mol. The van der Waals surface area contributed by atoms with E-state index >= 15 is 0 Å². The number of hydrogen-bond donors (Lipinski definition) is 1. The minimum atomic E-state index is -1.02. The number of amides is 1. The zero-order chi connectivity index (χ0) is 15.2. The summed E-state index contributed by atoms with van der Waals surface area (Å²) in [5, 5.41) is 9.05. The fraction of sp³-hybridized carbons (Fsp3) is 0.600. The molecule has 1 saturated heterocycles. The van der Waals surface area contributed by atoms with Crippen molar-refractivity contribution in [2.24, 2.45) is 0 Å². The maximum atomic E-state index is 12.3. The van der Waals surface area contributed by atoms with Crippen LogP contribution in [0.3, 0.4) is 0 Å². The van der Waals surface area contributed by atoms with Gasteiger partial charge in [0.25, 0.3) is 0 Å². The summed E-state index contributed by atoms with van der Waals surface area (Å²) < 4.78 is 7.19. The monoisotopic (exact) mass is 294 g/mol. The Kier molecular flexibility index (Phi) is 5.38. The van der Waals surface area contributed by atoms with Gasteiger partial charge in [0.05, 0.1) is 6.10 Å². The molecule has 1 unspecified atom stereocenters. The van der Waals surface area contributed by atoms with E-state index in [2.05, 4.69) is 6.92 Å². The Balaban J connectivity index is 1.93. The van der Waals surface area contributed by atoms with Gasteiger partial charge in [-0.3, -0.25) is 4.79 Å². The second kappa shape index (κ2) is 7.26. The Morgan fingerprint density at radius 1 is 1.48 bits per heavy atom. The first kappa shape index (κ1) is 15.6. The molecule has 6 nitrogen and oxygen atoms in total. The number of carboxylic acids is 1. The lowest BCUT2D eigenvalue weighted by atomic mass is 10.1. The molecule has 6 heteroatoms. The lowest BCUT2D eigenvalue weighted by Crippen LogP contribution is -2.44. The maximum absolute atomic E-state index is 12.3. The summed E-state index contributed by atoms with van der Waals surface area (Å²) >= 11 is 0. The molecule has 1 amide bonds. The third-order valence-corrected chi connectivity index (χ3v) is 3.64. The van der Waals surface area contributed by atoms with E-state index < -0.39 is 5.97 Å². The van der Waals surface area contributed by atoms with Crippen molar-refractivity contribution in [3.8, 4) is 0 Å². The summed E-state index contributed by atoms with van der Waals surface area (Å²) in [6.07, 6.45) is 4.60. The number of nitrogens with zero attached hydrogens (tertiary/aromatic N) is 2. The Labute approximate surface area is 124 Å². The molecular weight excluding hydrogens is 272 g/mol. The molecule has 0 spiro atoms. The van der Waals surface area contributed by atoms with Gasteiger partial charge in [0.2, 0.25) is 5.91 Å². The van der Waals surface area contributed by atoms with Gasteiger partial charge >= 0.3 is 5.97 Å². The Morgan fingerprint density at radius 2 is 2.29 bits per heavy atom. The van der Waals surface area contributed by atoms with Gasteiger partial charge in [-0.05, 0) is 31.4 Å². The van der Waals surface area contributed by atoms with Gasteiger partial charge in [-0.25, -0.2) is 4.79 Å². The van der Waals surface area contributed by atoms with Crippen molar-refractivity contribution in [3.05, 3.63) is 24.0 Å². The number of carbonyl (C=O) groups is 2. The number of rotatable bonds is 6. The summed E-state index contributed by atoms with van der Waals surface area (Å²) in [5.74, 6) is -1.07. The van der Waals surface area contributed by atoms with Crippen LogP contribution in [-0.2, 0) is 16.1 Å². The van der Waals surface area contributed by atoms with Gasteiger partial charge in [-0.15, -0.1) is 0 Å². The zero-order valence-electron chi connectivity index (χ0n) is 12.3. The second-order valence-corrected chi connectivity index (χ2v) is 5.30. The fourth-order valence-electron chi connectivity index (χ4n) is 2.58. The summed E-state index contributed by atoms with van der Waals surface area (Å²) in [5.41, 5.74) is 0.138. The Morgan fingerprint density at radius 3 is 3.00 bits per heavy atom. The SMILES string of the molecule is CCCOC1CCCN(C(=O)Cn2cccc2C(=O)O)C1. The summed E-state index contributed by atoms with van der Waals surface area (Å²) in [4.78, 5) is 25.1. The van der Waals surface area contributed by atoms with Crippen LogP contribution in [-0.4, -0.2) is 52.3 Å². The molecule has 2 rings (SSSR count). The van der Waals surface area contributed by atoms with Crippen molar-refractivity contribution in [1.29, 1.82) is 0 Å². The van der Waals surface area contributed by atoms with Crippen molar-refractivity contribution in [3.63, 3.8) is 0 Å². The number of hydrogen-bond acceptors (Lipinski definition) is 3. The number of aromatic carboxylic acids is 1. The van der Waals surface area contributed by atoms with Crippen LogP contribution in [0.15, 0.2) is 18.3 Å². The van der Waals surface area contributed by atoms with Crippen LogP contribution >= 0.6 is 0 Å². The molecule has 116 valence electrons. The van der Waals surface area contributed by atoms with E-state index in [9.17, 15) is 9.59 Å². The molecule has 1 atom stereocenters. The van der Waals surface area contributed by atoms with Crippen LogP contribution < -0.4 is 0 Å². The second-order valence-electron chi connectivity index (χ2n) is 5.30. The van der Waals surface area contributed by atoms with Crippen molar-refractivity contribution in [2.45, 2.75) is 38.8 Å². The molecule has 1 aliphatic heterocycles. The minimum absolute atomic E-state index is 0.0569. The Bertz CT molecular complexity index is 498. The number of aromatic nitrogens is 1. The van der Waals surface area contributed by atoms with E-state index in [0.29, 0.717) is 19.7 Å². The van der Waals surface area contributed by atoms with Crippen LogP contribution in [0.2, 0.25) is 0 Å². The fourth-order valence-corrected chi connectivity index (χ4v) is 2.58. The van der Waals surface area contributed by atoms with Gasteiger partial charge in [0, 0.05) is 25.9 Å². The Hall–Kier alpha value is -1.82. The van der Waals surface area contributed by atoms with Crippen molar-refractivity contribution < 1.29 is 19.4 Å². The zero-order valence-corrected chi connectivity index (χ0v) is 12.3. The molecule has 1 aromatic heterocycles. The lowest BCUT2D eigenvalue weighted by Gasteiger charge is -2.32. The van der Waals surface area contributed by atoms with Crippen LogP contribution in [0.4, 0.5) is 0 Å². The van der Waals surface area contributed by atoms with Crippen molar-refractivity contribution >= 4 is 11.9 Å². The summed E-state index contributed by atoms with van der Waals surface area (Å²) in [7, 11) is 0. The van der Waals surface area contributed by atoms with Gasteiger partial charge in [0.1, 0.15) is 12.2 Å². The average Bonchev–Trinajstić information content (AvgIpc) is 2.93. The number of piperidine rings is 1. The third-order valence-electron chi connectivity index (χ3n) is 3.64. The quantitative estimate of drug-likeness (QED) is 0.865. The van der Waals surface area contributed by atoms with Crippen molar-refractivity contribution in [2.75, 3.05) is 19.7 Å². The summed E-state index contributed by atoms with van der Waals surface area (Å²) in [6.45, 7) is 4.16. The first-order valence-electron chi connectivity index (χ1n) is 7.39. The highest BCUT2D eigenvalue weighted by molar-refractivity contribution is 5.86. The van der Waals surface area contributed by atoms with Crippen molar-refractivity contribution in [1.82, 2.24) is 9.47 Å². The first-order valence-corrected chi connectivity index (χ1v) is 7.39. The predicted molar refractivity (Wildman–Crippen MR) is 77.2 cm³/mol. The highest BCUT2D eigenvalue weighted by Gasteiger charge is 2.24. The standard InChI is InChI=1S/C15H22N2O4/c1-2-9-21-12-5-3-8-17(10-12)14(18)11-16-7-4-6-13(16)15(19)20/h4,6-7,12H,2-3,5,8-11H2,1H3,(H,19,20). The topological polar surface area (TPSA) is 71.8 Å². The molecule has 21 heavy (non-hydrogen) atoms. The largest absolute Gasteiger partial charge is 0.477 e. The molecule has 1 aromatic rings. The molecule has 0 aromatic carbocycles. The van der Waals surface area contributed by atoms with Gasteiger partial charge in [-0.2, -0.15) is 0 Å². The highest BCUT2D eigenvalue weighted by atomic mass is 16.5. The third kappa shape index (κ3) is 4.07.